The molecule has 128 valence electrons. The first-order valence-corrected chi connectivity index (χ1v) is 8.36. The molecule has 1 aliphatic heterocycles. The Morgan fingerprint density at radius 3 is 2.72 bits per heavy atom. The van der Waals surface area contributed by atoms with E-state index in [1.54, 1.807) is 24.3 Å². The van der Waals surface area contributed by atoms with Crippen molar-refractivity contribution in [1.29, 1.82) is 5.26 Å². The average Bonchev–Trinajstić information content (AvgIpc) is 3.20. The molecule has 5 nitrogen and oxygen atoms in total. The SMILES string of the molecule is N#Cc1ccccc1OCC(=O)N[C@H](c1ccccc1)[C@@H]1CCCO1. The van der Waals surface area contributed by atoms with E-state index in [4.69, 9.17) is 14.7 Å². The molecule has 1 saturated heterocycles. The molecule has 1 amide bonds. The normalized spacial score (nSPS) is 17.5. The molecule has 0 radical (unpaired) electrons. The first-order chi connectivity index (χ1) is 12.3. The highest BCUT2D eigenvalue weighted by Gasteiger charge is 2.28. The van der Waals surface area contributed by atoms with Gasteiger partial charge in [0, 0.05) is 6.61 Å². The van der Waals surface area contributed by atoms with Crippen LogP contribution in [0.25, 0.3) is 0 Å². The Kier molecular flexibility index (Phi) is 5.65. The van der Waals surface area contributed by atoms with Crippen molar-refractivity contribution in [2.24, 2.45) is 0 Å². The molecule has 3 rings (SSSR count). The molecule has 1 fully saturated rings. The van der Waals surface area contributed by atoms with Gasteiger partial charge in [-0.05, 0) is 30.5 Å². The van der Waals surface area contributed by atoms with Crippen LogP contribution in [0.1, 0.15) is 30.0 Å². The monoisotopic (exact) mass is 336 g/mol. The molecule has 0 bridgehead atoms. The minimum atomic E-state index is -0.239. The summed E-state index contributed by atoms with van der Waals surface area (Å²) in [6, 6.07) is 18.5. The van der Waals surface area contributed by atoms with E-state index in [9.17, 15) is 4.79 Å². The van der Waals surface area contributed by atoms with Crippen molar-refractivity contribution >= 4 is 5.91 Å². The lowest BCUT2D eigenvalue weighted by Crippen LogP contribution is -2.38. The Bertz CT molecular complexity index is 749. The molecule has 1 N–H and O–H groups in total. The molecule has 1 aliphatic rings. The molecule has 0 spiro atoms. The highest BCUT2D eigenvalue weighted by molar-refractivity contribution is 5.78. The number of hydrogen-bond acceptors (Lipinski definition) is 4. The van der Waals surface area contributed by atoms with Gasteiger partial charge in [-0.2, -0.15) is 5.26 Å². The number of hydrogen-bond donors (Lipinski definition) is 1. The van der Waals surface area contributed by atoms with Gasteiger partial charge in [-0.1, -0.05) is 42.5 Å². The molecular formula is C20H20N2O3. The first kappa shape index (κ1) is 17.0. The summed E-state index contributed by atoms with van der Waals surface area (Å²) in [7, 11) is 0. The van der Waals surface area contributed by atoms with E-state index in [1.165, 1.54) is 0 Å². The molecule has 2 aromatic carbocycles. The summed E-state index contributed by atoms with van der Waals surface area (Å²) in [6.07, 6.45) is 1.88. The third-order valence-corrected chi connectivity index (χ3v) is 4.18. The number of nitriles is 1. The summed E-state index contributed by atoms with van der Waals surface area (Å²) in [5, 5.41) is 12.1. The van der Waals surface area contributed by atoms with Crippen molar-refractivity contribution in [2.45, 2.75) is 25.0 Å². The largest absolute Gasteiger partial charge is 0.482 e. The molecule has 2 aromatic rings. The molecule has 25 heavy (non-hydrogen) atoms. The Morgan fingerprint density at radius 2 is 2.00 bits per heavy atom. The molecule has 0 aliphatic carbocycles. The number of para-hydroxylation sites is 1. The quantitative estimate of drug-likeness (QED) is 0.880. The van der Waals surface area contributed by atoms with Crippen LogP contribution in [0.15, 0.2) is 54.6 Å². The van der Waals surface area contributed by atoms with Crippen LogP contribution >= 0.6 is 0 Å². The summed E-state index contributed by atoms with van der Waals surface area (Å²) in [4.78, 5) is 12.4. The number of rotatable bonds is 6. The van der Waals surface area contributed by atoms with Crippen LogP contribution in [0.2, 0.25) is 0 Å². The van der Waals surface area contributed by atoms with Crippen molar-refractivity contribution < 1.29 is 14.3 Å². The van der Waals surface area contributed by atoms with Crippen LogP contribution in [0.4, 0.5) is 0 Å². The summed E-state index contributed by atoms with van der Waals surface area (Å²) in [5.74, 6) is 0.172. The van der Waals surface area contributed by atoms with Gasteiger partial charge in [0.25, 0.3) is 5.91 Å². The van der Waals surface area contributed by atoms with Crippen molar-refractivity contribution in [3.05, 3.63) is 65.7 Å². The second-order valence-electron chi connectivity index (χ2n) is 5.90. The molecule has 0 saturated carbocycles. The topological polar surface area (TPSA) is 71.3 Å². The maximum atomic E-state index is 12.4. The van der Waals surface area contributed by atoms with E-state index in [0.717, 1.165) is 25.0 Å². The van der Waals surface area contributed by atoms with Gasteiger partial charge in [0.1, 0.15) is 11.8 Å². The number of benzene rings is 2. The lowest BCUT2D eigenvalue weighted by Gasteiger charge is -2.24. The highest BCUT2D eigenvalue weighted by atomic mass is 16.5. The van der Waals surface area contributed by atoms with E-state index >= 15 is 0 Å². The minimum absolute atomic E-state index is 0.0299. The summed E-state index contributed by atoms with van der Waals surface area (Å²) in [5.41, 5.74) is 1.43. The maximum Gasteiger partial charge on any atom is 0.258 e. The Labute approximate surface area is 147 Å². The van der Waals surface area contributed by atoms with Gasteiger partial charge in [0.05, 0.1) is 17.7 Å². The minimum Gasteiger partial charge on any atom is -0.482 e. The molecule has 0 unspecified atom stereocenters. The van der Waals surface area contributed by atoms with E-state index < -0.39 is 0 Å². The van der Waals surface area contributed by atoms with E-state index in [1.807, 2.05) is 30.3 Å². The Morgan fingerprint density at radius 1 is 1.24 bits per heavy atom. The summed E-state index contributed by atoms with van der Waals surface area (Å²) < 4.78 is 11.3. The van der Waals surface area contributed by atoms with Crippen LogP contribution < -0.4 is 10.1 Å². The Hall–Kier alpha value is -2.84. The molecular weight excluding hydrogens is 316 g/mol. The highest BCUT2D eigenvalue weighted by Crippen LogP contribution is 2.27. The van der Waals surface area contributed by atoms with Crippen LogP contribution in [-0.2, 0) is 9.53 Å². The van der Waals surface area contributed by atoms with Crippen molar-refractivity contribution in [3.63, 3.8) is 0 Å². The Balaban J connectivity index is 1.65. The summed E-state index contributed by atoms with van der Waals surface area (Å²) in [6.45, 7) is 0.574. The van der Waals surface area contributed by atoms with E-state index in [2.05, 4.69) is 11.4 Å². The third kappa shape index (κ3) is 4.37. The van der Waals surface area contributed by atoms with Crippen LogP contribution in [0, 0.1) is 11.3 Å². The van der Waals surface area contributed by atoms with Gasteiger partial charge in [-0.25, -0.2) is 0 Å². The second kappa shape index (κ2) is 8.32. The summed E-state index contributed by atoms with van der Waals surface area (Å²) >= 11 is 0. The van der Waals surface area contributed by atoms with Crippen molar-refractivity contribution in [3.8, 4) is 11.8 Å². The lowest BCUT2D eigenvalue weighted by atomic mass is 9.99. The number of nitrogens with one attached hydrogen (secondary N) is 1. The standard InChI is InChI=1S/C20H20N2O3/c21-13-16-9-4-5-10-17(16)25-14-19(23)22-20(18-11-6-12-24-18)15-7-2-1-3-8-15/h1-5,7-10,18,20H,6,11-12,14H2,(H,22,23)/t18-,20+/m0/s1. The number of nitrogens with zero attached hydrogens (tertiary/aromatic N) is 1. The van der Waals surface area contributed by atoms with Gasteiger partial charge in [0.2, 0.25) is 0 Å². The predicted molar refractivity (Wildman–Crippen MR) is 93.0 cm³/mol. The fourth-order valence-corrected chi connectivity index (χ4v) is 2.96. The fourth-order valence-electron chi connectivity index (χ4n) is 2.96. The molecule has 0 aromatic heterocycles. The number of carbonyl (C=O) groups excluding carboxylic acids is 1. The van der Waals surface area contributed by atoms with Gasteiger partial charge in [-0.15, -0.1) is 0 Å². The van der Waals surface area contributed by atoms with Crippen molar-refractivity contribution in [2.75, 3.05) is 13.2 Å². The predicted octanol–water partition coefficient (Wildman–Crippen LogP) is 2.97. The van der Waals surface area contributed by atoms with Crippen LogP contribution in [0.5, 0.6) is 5.75 Å². The van der Waals surface area contributed by atoms with Crippen LogP contribution in [0.3, 0.4) is 0 Å². The van der Waals surface area contributed by atoms with Gasteiger partial charge in [0.15, 0.2) is 6.61 Å². The number of carbonyl (C=O) groups is 1. The van der Waals surface area contributed by atoms with Gasteiger partial charge < -0.3 is 14.8 Å². The van der Waals surface area contributed by atoms with E-state index in [-0.39, 0.29) is 24.7 Å². The lowest BCUT2D eigenvalue weighted by molar-refractivity contribution is -0.124. The first-order valence-electron chi connectivity index (χ1n) is 8.36. The third-order valence-electron chi connectivity index (χ3n) is 4.18. The molecule has 5 heteroatoms. The zero-order valence-corrected chi connectivity index (χ0v) is 13.9. The zero-order chi connectivity index (χ0) is 17.5. The zero-order valence-electron chi connectivity index (χ0n) is 13.9. The average molecular weight is 336 g/mol. The number of ether oxygens (including phenoxy) is 2. The number of amides is 1. The van der Waals surface area contributed by atoms with Gasteiger partial charge >= 0.3 is 0 Å². The van der Waals surface area contributed by atoms with Crippen LogP contribution in [-0.4, -0.2) is 25.2 Å². The second-order valence-corrected chi connectivity index (χ2v) is 5.90. The smallest absolute Gasteiger partial charge is 0.258 e. The fraction of sp³-hybridized carbons (Fsp3) is 0.300. The molecule has 2 atom stereocenters. The van der Waals surface area contributed by atoms with Crippen molar-refractivity contribution in [1.82, 2.24) is 5.32 Å². The van der Waals surface area contributed by atoms with E-state index in [0.29, 0.717) is 11.3 Å². The maximum absolute atomic E-state index is 12.4. The molecule has 1 heterocycles. The van der Waals surface area contributed by atoms with Gasteiger partial charge in [-0.3, -0.25) is 4.79 Å².